The zero-order valence-electron chi connectivity index (χ0n) is 14.7. The lowest BCUT2D eigenvalue weighted by atomic mass is 10.0. The number of nitrogens with one attached hydrogen (secondary N) is 1. The summed E-state index contributed by atoms with van der Waals surface area (Å²) >= 11 is 3.15. The van der Waals surface area contributed by atoms with E-state index in [9.17, 15) is 4.79 Å². The summed E-state index contributed by atoms with van der Waals surface area (Å²) in [5.74, 6) is 0.979. The van der Waals surface area contributed by atoms with E-state index < -0.39 is 0 Å². The Bertz CT molecular complexity index is 665. The fourth-order valence-electron chi connectivity index (χ4n) is 3.01. The lowest BCUT2D eigenvalue weighted by Gasteiger charge is -2.36. The Hall–Kier alpha value is -1.15. The van der Waals surface area contributed by atoms with Crippen LogP contribution in [0.1, 0.15) is 13.8 Å². The number of hydrogen-bond acceptors (Lipinski definition) is 6. The van der Waals surface area contributed by atoms with Crippen molar-refractivity contribution in [2.45, 2.75) is 24.2 Å². The molecule has 2 aromatic rings. The van der Waals surface area contributed by atoms with Gasteiger partial charge >= 0.3 is 0 Å². The Morgan fingerprint density at radius 3 is 2.84 bits per heavy atom. The molecule has 0 saturated carbocycles. The number of ether oxygens (including phenoxy) is 1. The van der Waals surface area contributed by atoms with Gasteiger partial charge in [-0.15, -0.1) is 11.3 Å². The predicted molar refractivity (Wildman–Crippen MR) is 104 cm³/mol. The van der Waals surface area contributed by atoms with E-state index in [1.807, 2.05) is 18.2 Å². The van der Waals surface area contributed by atoms with Gasteiger partial charge in [0, 0.05) is 25.7 Å². The van der Waals surface area contributed by atoms with Gasteiger partial charge in [-0.1, -0.05) is 37.7 Å². The van der Waals surface area contributed by atoms with Gasteiger partial charge in [0.25, 0.3) is 0 Å². The third-order valence-corrected chi connectivity index (χ3v) is 6.57. The molecule has 1 atom stereocenters. The van der Waals surface area contributed by atoms with Crippen LogP contribution in [0.15, 0.2) is 28.6 Å². The number of aromatic nitrogens is 1. The number of carbonyl (C=O) groups is 1. The van der Waals surface area contributed by atoms with Crippen LogP contribution in [0.5, 0.6) is 0 Å². The van der Waals surface area contributed by atoms with Gasteiger partial charge in [0.2, 0.25) is 5.91 Å². The molecule has 1 N–H and O–H groups in total. The van der Waals surface area contributed by atoms with E-state index in [1.54, 1.807) is 11.3 Å². The fraction of sp³-hybridized carbons (Fsp3) is 0.556. The Kier molecular flexibility index (Phi) is 6.70. The number of hydrogen-bond donors (Lipinski definition) is 1. The number of morpholine rings is 1. The standard InChI is InChI=1S/C18H25N3O2S2/c1-13(2)15(21-7-9-23-10-8-21)11-19-17(22)12-24-18-20-14-5-3-4-6-16(14)25-18/h3-6,13,15H,7-12H2,1-2H3,(H,19,22). The second kappa shape index (κ2) is 8.98. The van der Waals surface area contributed by atoms with Gasteiger partial charge in [0.1, 0.15) is 0 Å². The molecule has 25 heavy (non-hydrogen) atoms. The summed E-state index contributed by atoms with van der Waals surface area (Å²) in [4.78, 5) is 19.2. The Labute approximate surface area is 157 Å². The van der Waals surface area contributed by atoms with Gasteiger partial charge in [0.05, 0.1) is 29.2 Å². The molecule has 0 bridgehead atoms. The Morgan fingerprint density at radius 1 is 1.36 bits per heavy atom. The monoisotopic (exact) mass is 379 g/mol. The van der Waals surface area contributed by atoms with Crippen LogP contribution < -0.4 is 5.32 Å². The van der Waals surface area contributed by atoms with E-state index in [-0.39, 0.29) is 5.91 Å². The summed E-state index contributed by atoms with van der Waals surface area (Å²) in [6.07, 6.45) is 0. The molecule has 7 heteroatoms. The SMILES string of the molecule is CC(C)C(CNC(=O)CSc1nc2ccccc2s1)N1CCOCC1. The summed E-state index contributed by atoms with van der Waals surface area (Å²) in [6, 6.07) is 8.43. The molecule has 1 aromatic carbocycles. The van der Waals surface area contributed by atoms with Crippen molar-refractivity contribution in [1.82, 2.24) is 15.2 Å². The van der Waals surface area contributed by atoms with E-state index >= 15 is 0 Å². The topological polar surface area (TPSA) is 54.5 Å². The van der Waals surface area contributed by atoms with E-state index in [2.05, 4.69) is 35.1 Å². The van der Waals surface area contributed by atoms with Gasteiger partial charge in [-0.2, -0.15) is 0 Å². The van der Waals surface area contributed by atoms with Gasteiger partial charge < -0.3 is 10.1 Å². The first-order valence-corrected chi connectivity index (χ1v) is 10.5. The highest BCUT2D eigenvalue weighted by atomic mass is 32.2. The molecule has 2 heterocycles. The average Bonchev–Trinajstić information content (AvgIpc) is 3.04. The number of thioether (sulfide) groups is 1. The molecule has 136 valence electrons. The van der Waals surface area contributed by atoms with Crippen LogP contribution >= 0.6 is 23.1 Å². The summed E-state index contributed by atoms with van der Waals surface area (Å²) in [6.45, 7) is 8.56. The zero-order valence-corrected chi connectivity index (χ0v) is 16.4. The molecule has 1 aromatic heterocycles. The molecule has 0 aliphatic carbocycles. The van der Waals surface area contributed by atoms with Crippen LogP contribution in [0.25, 0.3) is 10.2 Å². The van der Waals surface area contributed by atoms with E-state index in [4.69, 9.17) is 4.74 Å². The van der Waals surface area contributed by atoms with Crippen molar-refractivity contribution < 1.29 is 9.53 Å². The summed E-state index contributed by atoms with van der Waals surface area (Å²) < 4.78 is 7.54. The lowest BCUT2D eigenvalue weighted by Crippen LogP contribution is -2.51. The smallest absolute Gasteiger partial charge is 0.230 e. The minimum atomic E-state index is 0.0724. The molecular formula is C18H25N3O2S2. The zero-order chi connectivity index (χ0) is 17.6. The second-order valence-electron chi connectivity index (χ2n) is 6.50. The van der Waals surface area contributed by atoms with Crippen molar-refractivity contribution in [3.05, 3.63) is 24.3 Å². The third kappa shape index (κ3) is 5.17. The maximum atomic E-state index is 12.2. The van der Waals surface area contributed by atoms with Crippen molar-refractivity contribution in [3.8, 4) is 0 Å². The average molecular weight is 380 g/mol. The van der Waals surface area contributed by atoms with Crippen LogP contribution in [0, 0.1) is 5.92 Å². The van der Waals surface area contributed by atoms with E-state index in [0.29, 0.717) is 24.3 Å². The van der Waals surface area contributed by atoms with Crippen LogP contribution in [-0.4, -0.2) is 60.4 Å². The Morgan fingerprint density at radius 2 is 2.12 bits per heavy atom. The Balaban J connectivity index is 1.47. The number of thiazole rings is 1. The summed E-state index contributed by atoms with van der Waals surface area (Å²) in [7, 11) is 0. The number of benzene rings is 1. The van der Waals surface area contributed by atoms with E-state index in [0.717, 1.165) is 40.9 Å². The molecule has 5 nitrogen and oxygen atoms in total. The van der Waals surface area contributed by atoms with Crippen molar-refractivity contribution in [1.29, 1.82) is 0 Å². The van der Waals surface area contributed by atoms with Crippen molar-refractivity contribution >= 4 is 39.2 Å². The van der Waals surface area contributed by atoms with Crippen LogP contribution in [-0.2, 0) is 9.53 Å². The van der Waals surface area contributed by atoms with Crippen molar-refractivity contribution in [3.63, 3.8) is 0 Å². The highest BCUT2D eigenvalue weighted by Gasteiger charge is 2.24. The molecule has 1 aliphatic rings. The quantitative estimate of drug-likeness (QED) is 0.750. The normalized spacial score (nSPS) is 17.1. The van der Waals surface area contributed by atoms with Gasteiger partial charge in [-0.25, -0.2) is 4.98 Å². The first kappa shape index (κ1) is 18.6. The van der Waals surface area contributed by atoms with Gasteiger partial charge in [-0.05, 0) is 18.1 Å². The molecule has 0 spiro atoms. The minimum absolute atomic E-state index is 0.0724. The summed E-state index contributed by atoms with van der Waals surface area (Å²) in [5, 5.41) is 3.10. The second-order valence-corrected chi connectivity index (χ2v) is 8.75. The van der Waals surface area contributed by atoms with Crippen LogP contribution in [0.3, 0.4) is 0 Å². The maximum Gasteiger partial charge on any atom is 0.230 e. The number of nitrogens with zero attached hydrogens (tertiary/aromatic N) is 2. The number of para-hydroxylation sites is 1. The lowest BCUT2D eigenvalue weighted by molar-refractivity contribution is -0.119. The number of carbonyl (C=O) groups excluding carboxylic acids is 1. The highest BCUT2D eigenvalue weighted by Crippen LogP contribution is 2.29. The first-order valence-electron chi connectivity index (χ1n) is 8.70. The largest absolute Gasteiger partial charge is 0.379 e. The molecule has 1 saturated heterocycles. The molecule has 1 fully saturated rings. The molecule has 3 rings (SSSR count). The summed E-state index contributed by atoms with van der Waals surface area (Å²) in [5.41, 5.74) is 1.00. The third-order valence-electron chi connectivity index (χ3n) is 4.39. The van der Waals surface area contributed by atoms with Crippen LogP contribution in [0.2, 0.25) is 0 Å². The number of fused-ring (bicyclic) bond motifs is 1. The number of amides is 1. The minimum Gasteiger partial charge on any atom is -0.379 e. The van der Waals surface area contributed by atoms with Gasteiger partial charge in [0.15, 0.2) is 4.34 Å². The maximum absolute atomic E-state index is 12.2. The number of rotatable bonds is 7. The first-order chi connectivity index (χ1) is 12.1. The molecular weight excluding hydrogens is 354 g/mol. The molecule has 0 radical (unpaired) electrons. The van der Waals surface area contributed by atoms with Gasteiger partial charge in [-0.3, -0.25) is 9.69 Å². The fourth-order valence-corrected chi connectivity index (χ4v) is 4.90. The van der Waals surface area contributed by atoms with Crippen molar-refractivity contribution in [2.75, 3.05) is 38.6 Å². The highest BCUT2D eigenvalue weighted by molar-refractivity contribution is 8.01. The van der Waals surface area contributed by atoms with Crippen LogP contribution in [0.4, 0.5) is 0 Å². The molecule has 1 amide bonds. The van der Waals surface area contributed by atoms with Crippen molar-refractivity contribution in [2.24, 2.45) is 5.92 Å². The van der Waals surface area contributed by atoms with E-state index in [1.165, 1.54) is 11.8 Å². The predicted octanol–water partition coefficient (Wildman–Crippen LogP) is 2.86. The molecule has 1 aliphatic heterocycles. The molecule has 1 unspecified atom stereocenters.